The van der Waals surface area contributed by atoms with Gasteiger partial charge >= 0.3 is 5.97 Å². The fourth-order valence-electron chi connectivity index (χ4n) is 3.57. The number of rotatable bonds is 4. The van der Waals surface area contributed by atoms with Crippen molar-refractivity contribution in [2.24, 2.45) is 5.92 Å². The van der Waals surface area contributed by atoms with Crippen LogP contribution in [0.3, 0.4) is 0 Å². The Kier molecular flexibility index (Phi) is 4.97. The summed E-state index contributed by atoms with van der Waals surface area (Å²) in [7, 11) is 0. The van der Waals surface area contributed by atoms with E-state index in [1.54, 1.807) is 24.3 Å². The number of aryl methyl sites for hydroxylation is 1. The lowest BCUT2D eigenvalue weighted by Gasteiger charge is -2.16. The number of hydrogen-bond acceptors (Lipinski definition) is 6. The van der Waals surface area contributed by atoms with Crippen LogP contribution in [0.1, 0.15) is 39.3 Å². The number of para-hydroxylation sites is 1. The Balaban J connectivity index is 1.58. The second-order valence-electron chi connectivity index (χ2n) is 7.08. The molecule has 0 saturated heterocycles. The van der Waals surface area contributed by atoms with Crippen molar-refractivity contribution in [2.45, 2.75) is 39.3 Å². The highest BCUT2D eigenvalue weighted by Crippen LogP contribution is 2.32. The first-order chi connectivity index (χ1) is 13.6. The molecule has 0 fully saturated rings. The maximum atomic E-state index is 12.7. The van der Waals surface area contributed by atoms with Crippen molar-refractivity contribution in [3.05, 3.63) is 61.8 Å². The van der Waals surface area contributed by atoms with Crippen molar-refractivity contribution in [3.63, 3.8) is 0 Å². The monoisotopic (exact) mass is 393 g/mol. The average molecular weight is 393 g/mol. The number of esters is 1. The van der Waals surface area contributed by atoms with Gasteiger partial charge in [-0.05, 0) is 48.9 Å². The first-order valence-corrected chi connectivity index (χ1v) is 10.0. The Hall–Kier alpha value is -2.98. The van der Waals surface area contributed by atoms with Crippen LogP contribution in [0.2, 0.25) is 0 Å². The quantitative estimate of drug-likeness (QED) is 0.634. The Morgan fingerprint density at radius 3 is 3.07 bits per heavy atom. The molecule has 3 aromatic rings. The maximum Gasteiger partial charge on any atom is 0.348 e. The van der Waals surface area contributed by atoms with Gasteiger partial charge in [0.05, 0.1) is 17.0 Å². The highest BCUT2D eigenvalue weighted by Gasteiger charge is 2.22. The minimum Gasteiger partial charge on any atom is -0.453 e. The van der Waals surface area contributed by atoms with Gasteiger partial charge in [-0.1, -0.05) is 19.1 Å². The Morgan fingerprint density at radius 1 is 1.43 bits per heavy atom. The van der Waals surface area contributed by atoms with Gasteiger partial charge in [-0.3, -0.25) is 9.36 Å². The van der Waals surface area contributed by atoms with Crippen LogP contribution in [0.5, 0.6) is 0 Å². The van der Waals surface area contributed by atoms with Crippen molar-refractivity contribution in [1.29, 1.82) is 5.26 Å². The number of fused-ring (bicyclic) bond motifs is 2. The molecular formula is C21H19N3O3S. The number of nitrogens with zero attached hydrogens (tertiary/aromatic N) is 3. The molecule has 0 unspecified atom stereocenters. The van der Waals surface area contributed by atoms with Gasteiger partial charge in [0.2, 0.25) is 0 Å². The van der Waals surface area contributed by atoms with E-state index in [0.717, 1.165) is 19.3 Å². The molecule has 0 aliphatic heterocycles. The smallest absolute Gasteiger partial charge is 0.348 e. The van der Waals surface area contributed by atoms with Gasteiger partial charge in [-0.2, -0.15) is 5.26 Å². The summed E-state index contributed by atoms with van der Waals surface area (Å²) < 4.78 is 6.71. The van der Waals surface area contributed by atoms with E-state index in [1.165, 1.54) is 26.3 Å². The number of carbonyl (C=O) groups excluding carboxylic acids is 1. The zero-order valence-corrected chi connectivity index (χ0v) is 16.3. The van der Waals surface area contributed by atoms with Crippen LogP contribution in [0.4, 0.5) is 0 Å². The summed E-state index contributed by atoms with van der Waals surface area (Å²) >= 11 is 1.48. The van der Waals surface area contributed by atoms with E-state index >= 15 is 0 Å². The fraction of sp³-hybridized carbons (Fsp3) is 0.333. The number of nitriles is 1. The Labute approximate surface area is 166 Å². The molecule has 0 bridgehead atoms. The van der Waals surface area contributed by atoms with Crippen LogP contribution in [0.25, 0.3) is 10.9 Å². The topological polar surface area (TPSA) is 85.0 Å². The van der Waals surface area contributed by atoms with Crippen molar-refractivity contribution in [2.75, 3.05) is 0 Å². The number of hydrogen-bond donors (Lipinski definition) is 0. The molecule has 0 saturated carbocycles. The van der Waals surface area contributed by atoms with Crippen LogP contribution in [-0.2, 0) is 30.7 Å². The number of carbonyl (C=O) groups is 1. The van der Waals surface area contributed by atoms with Crippen LogP contribution in [-0.4, -0.2) is 15.5 Å². The zero-order valence-electron chi connectivity index (χ0n) is 15.5. The van der Waals surface area contributed by atoms with Gasteiger partial charge in [0, 0.05) is 4.88 Å². The summed E-state index contributed by atoms with van der Waals surface area (Å²) in [6.07, 6.45) is 3.14. The minimum atomic E-state index is -0.419. The predicted octanol–water partition coefficient (Wildman–Crippen LogP) is 3.46. The zero-order chi connectivity index (χ0) is 19.7. The second kappa shape index (κ2) is 7.56. The average Bonchev–Trinajstić information content (AvgIpc) is 3.12. The largest absolute Gasteiger partial charge is 0.453 e. The van der Waals surface area contributed by atoms with Gasteiger partial charge in [0.1, 0.15) is 18.0 Å². The molecule has 0 N–H and O–H groups in total. The number of aromatic nitrogens is 2. The molecule has 2 heterocycles. The first-order valence-electron chi connectivity index (χ1n) is 9.21. The number of benzene rings is 1. The molecular weight excluding hydrogens is 374 g/mol. The molecule has 2 aromatic heterocycles. The third kappa shape index (κ3) is 3.43. The fourth-order valence-corrected chi connectivity index (χ4v) is 4.67. The van der Waals surface area contributed by atoms with Gasteiger partial charge < -0.3 is 4.74 Å². The molecule has 6 nitrogen and oxygen atoms in total. The van der Waals surface area contributed by atoms with E-state index in [4.69, 9.17) is 10.00 Å². The molecule has 28 heavy (non-hydrogen) atoms. The maximum absolute atomic E-state index is 12.7. The van der Waals surface area contributed by atoms with E-state index in [1.807, 2.05) is 12.1 Å². The van der Waals surface area contributed by atoms with Crippen molar-refractivity contribution in [1.82, 2.24) is 9.55 Å². The standard InChI is InChI=1S/C21H19N3O3S/c1-13-6-7-17-14(10-13)11-18(28-17)21(26)27-12-19-23-16-5-3-2-4-15(16)20(25)24(19)9-8-22/h2-5,11,13H,6-7,9-10,12H2,1H3/t13-/m1/s1. The summed E-state index contributed by atoms with van der Waals surface area (Å²) in [6.45, 7) is 1.92. The van der Waals surface area contributed by atoms with Crippen LogP contribution in [0, 0.1) is 17.2 Å². The molecule has 7 heteroatoms. The normalized spacial score (nSPS) is 15.8. The predicted molar refractivity (Wildman–Crippen MR) is 106 cm³/mol. The third-order valence-corrected chi connectivity index (χ3v) is 6.25. The van der Waals surface area contributed by atoms with E-state index in [0.29, 0.717) is 21.7 Å². The molecule has 1 atom stereocenters. The molecule has 1 aliphatic carbocycles. The van der Waals surface area contributed by atoms with E-state index in [-0.39, 0.29) is 24.5 Å². The summed E-state index contributed by atoms with van der Waals surface area (Å²) in [5, 5.41) is 9.51. The Bertz CT molecular complexity index is 1160. The summed E-state index contributed by atoms with van der Waals surface area (Å²) in [5.74, 6) is 0.486. The van der Waals surface area contributed by atoms with Crippen LogP contribution in [0.15, 0.2) is 35.1 Å². The second-order valence-corrected chi connectivity index (χ2v) is 8.21. The third-order valence-electron chi connectivity index (χ3n) is 5.03. The lowest BCUT2D eigenvalue weighted by Crippen LogP contribution is -2.26. The molecule has 1 aromatic carbocycles. The lowest BCUT2D eigenvalue weighted by molar-refractivity contribution is 0.0463. The summed E-state index contributed by atoms with van der Waals surface area (Å²) in [5.41, 5.74) is 1.45. The van der Waals surface area contributed by atoms with Crippen molar-refractivity contribution in [3.8, 4) is 6.07 Å². The van der Waals surface area contributed by atoms with E-state index < -0.39 is 5.97 Å². The summed E-state index contributed by atoms with van der Waals surface area (Å²) in [6, 6.07) is 10.8. The molecule has 1 aliphatic rings. The van der Waals surface area contributed by atoms with Gasteiger partial charge in [-0.25, -0.2) is 9.78 Å². The van der Waals surface area contributed by atoms with Crippen LogP contribution < -0.4 is 5.56 Å². The Morgan fingerprint density at radius 2 is 2.25 bits per heavy atom. The highest BCUT2D eigenvalue weighted by atomic mass is 32.1. The van der Waals surface area contributed by atoms with Crippen molar-refractivity contribution >= 4 is 28.2 Å². The van der Waals surface area contributed by atoms with E-state index in [2.05, 4.69) is 11.9 Å². The first kappa shape index (κ1) is 18.4. The molecule has 4 rings (SSSR count). The molecule has 0 amide bonds. The summed E-state index contributed by atoms with van der Waals surface area (Å²) in [4.78, 5) is 31.5. The van der Waals surface area contributed by atoms with Crippen molar-refractivity contribution < 1.29 is 9.53 Å². The molecule has 142 valence electrons. The lowest BCUT2D eigenvalue weighted by atomic mass is 9.90. The number of ether oxygens (including phenoxy) is 1. The molecule has 0 spiro atoms. The van der Waals surface area contributed by atoms with Gasteiger partial charge in [0.25, 0.3) is 5.56 Å². The van der Waals surface area contributed by atoms with Crippen LogP contribution >= 0.6 is 11.3 Å². The molecule has 0 radical (unpaired) electrons. The van der Waals surface area contributed by atoms with Gasteiger partial charge in [-0.15, -0.1) is 11.3 Å². The van der Waals surface area contributed by atoms with E-state index in [9.17, 15) is 9.59 Å². The highest BCUT2D eigenvalue weighted by molar-refractivity contribution is 7.14. The number of thiophene rings is 1. The minimum absolute atomic E-state index is 0.144. The SMILES string of the molecule is C[C@@H]1CCc2sc(C(=O)OCc3nc4ccccc4c(=O)n3CC#N)cc2C1. The van der Waals surface area contributed by atoms with Gasteiger partial charge in [0.15, 0.2) is 5.82 Å².